The van der Waals surface area contributed by atoms with Crippen LogP contribution in [0.4, 0.5) is 24.9 Å². The van der Waals surface area contributed by atoms with Crippen LogP contribution in [0.3, 0.4) is 0 Å². The van der Waals surface area contributed by atoms with E-state index in [4.69, 9.17) is 9.97 Å². The Labute approximate surface area is 198 Å². The molecule has 33 heavy (non-hydrogen) atoms. The minimum atomic E-state index is -4.72. The molecule has 0 spiro atoms. The lowest BCUT2D eigenvalue weighted by Gasteiger charge is -2.21. The minimum absolute atomic E-state index is 0.174. The number of fused-ring (bicyclic) bond motifs is 1. The van der Waals surface area contributed by atoms with Gasteiger partial charge in [0.15, 0.2) is 0 Å². The fraction of sp³-hybridized carbons (Fsp3) is 0.391. The van der Waals surface area contributed by atoms with Gasteiger partial charge in [-0.25, -0.2) is 4.98 Å². The Bertz CT molecular complexity index is 1120. The quantitative estimate of drug-likeness (QED) is 0.481. The van der Waals surface area contributed by atoms with Crippen LogP contribution in [-0.4, -0.2) is 56.1 Å². The highest BCUT2D eigenvalue weighted by atomic mass is 79.9. The number of alkyl halides is 3. The van der Waals surface area contributed by atoms with Crippen LogP contribution in [0.2, 0.25) is 0 Å². The molecule has 176 valence electrons. The average Bonchev–Trinajstić information content (AvgIpc) is 3.22. The van der Waals surface area contributed by atoms with Crippen molar-refractivity contribution in [2.75, 3.05) is 43.5 Å². The number of hydrogen-bond donors (Lipinski definition) is 1. The number of nitrogens with one attached hydrogen (secondary N) is 1. The van der Waals surface area contributed by atoms with E-state index in [1.807, 2.05) is 43.3 Å². The maximum Gasteiger partial charge on any atom is 0.573 e. The number of nitrogens with zero attached hydrogens (tertiary/aromatic N) is 4. The summed E-state index contributed by atoms with van der Waals surface area (Å²) in [4.78, 5) is 13.7. The fourth-order valence-corrected chi connectivity index (χ4v) is 4.34. The van der Waals surface area contributed by atoms with E-state index in [1.54, 1.807) is 12.1 Å². The lowest BCUT2D eigenvalue weighted by molar-refractivity contribution is -0.274. The van der Waals surface area contributed by atoms with Crippen molar-refractivity contribution in [3.8, 4) is 5.75 Å². The molecular formula is C23H25BrF3N5O. The molecule has 1 aliphatic rings. The van der Waals surface area contributed by atoms with Crippen molar-refractivity contribution >= 4 is 38.6 Å². The van der Waals surface area contributed by atoms with Gasteiger partial charge in [-0.1, -0.05) is 34.1 Å². The Kier molecular flexibility index (Phi) is 6.94. The van der Waals surface area contributed by atoms with Crippen LogP contribution >= 0.6 is 15.9 Å². The highest BCUT2D eigenvalue weighted by Gasteiger charge is 2.32. The zero-order valence-corrected chi connectivity index (χ0v) is 19.9. The molecule has 3 aromatic rings. The summed E-state index contributed by atoms with van der Waals surface area (Å²) in [5, 5.41) is 4.46. The number of hydrogen-bond acceptors (Lipinski definition) is 6. The van der Waals surface area contributed by atoms with Crippen LogP contribution in [0.15, 0.2) is 46.9 Å². The van der Waals surface area contributed by atoms with Crippen molar-refractivity contribution < 1.29 is 17.9 Å². The molecule has 10 heteroatoms. The van der Waals surface area contributed by atoms with E-state index in [-0.39, 0.29) is 11.8 Å². The maximum atomic E-state index is 12.7. The summed E-state index contributed by atoms with van der Waals surface area (Å²) in [7, 11) is 3.93. The second kappa shape index (κ2) is 9.72. The summed E-state index contributed by atoms with van der Waals surface area (Å²) >= 11 is 3.20. The average molecular weight is 524 g/mol. The van der Waals surface area contributed by atoms with Gasteiger partial charge in [0.2, 0.25) is 5.95 Å². The van der Waals surface area contributed by atoms with E-state index >= 15 is 0 Å². The van der Waals surface area contributed by atoms with E-state index in [0.29, 0.717) is 29.0 Å². The first-order chi connectivity index (χ1) is 15.7. The van der Waals surface area contributed by atoms with Crippen LogP contribution in [0.1, 0.15) is 12.0 Å². The molecule has 1 aliphatic heterocycles. The summed E-state index contributed by atoms with van der Waals surface area (Å²) in [5.74, 6) is 1.39. The van der Waals surface area contributed by atoms with E-state index < -0.39 is 6.36 Å². The van der Waals surface area contributed by atoms with Gasteiger partial charge < -0.3 is 19.9 Å². The van der Waals surface area contributed by atoms with Gasteiger partial charge in [0, 0.05) is 43.1 Å². The third-order valence-corrected chi connectivity index (χ3v) is 6.04. The Balaban J connectivity index is 1.39. The normalized spacial score (nSPS) is 16.4. The molecule has 0 bridgehead atoms. The molecule has 2 heterocycles. The van der Waals surface area contributed by atoms with Crippen LogP contribution in [0.5, 0.6) is 5.75 Å². The van der Waals surface area contributed by atoms with Crippen molar-refractivity contribution in [1.82, 2.24) is 15.3 Å². The van der Waals surface area contributed by atoms with Crippen molar-refractivity contribution in [2.24, 2.45) is 0 Å². The molecular weight excluding hydrogens is 499 g/mol. The predicted octanol–water partition coefficient (Wildman–Crippen LogP) is 4.77. The second-order valence-electron chi connectivity index (χ2n) is 8.19. The van der Waals surface area contributed by atoms with E-state index in [1.165, 1.54) is 6.07 Å². The summed E-state index contributed by atoms with van der Waals surface area (Å²) in [6.07, 6.45) is -3.40. The first kappa shape index (κ1) is 23.6. The monoisotopic (exact) mass is 523 g/mol. The standard InChI is InChI=1S/C23H25BrF3N5O/c1-31(2)21-18-5-3-4-6-19(18)29-22(30-21)32-12-10-17(14-32)28-11-9-15-7-8-16(24)13-20(15)33-23(25,26)27/h3-8,13,17,28H,9-12,14H2,1-2H3. The maximum absolute atomic E-state index is 12.7. The van der Waals surface area contributed by atoms with Gasteiger partial charge in [0.05, 0.1) is 5.52 Å². The fourth-order valence-electron chi connectivity index (χ4n) is 4.00. The molecule has 0 amide bonds. The summed E-state index contributed by atoms with van der Waals surface area (Å²) in [6.45, 7) is 2.08. The predicted molar refractivity (Wildman–Crippen MR) is 127 cm³/mol. The highest BCUT2D eigenvalue weighted by Crippen LogP contribution is 2.30. The number of rotatable bonds is 7. The van der Waals surface area contributed by atoms with Crippen molar-refractivity contribution in [1.29, 1.82) is 0 Å². The second-order valence-corrected chi connectivity index (χ2v) is 9.11. The molecule has 0 saturated carbocycles. The Morgan fingerprint density at radius 2 is 1.97 bits per heavy atom. The number of aromatic nitrogens is 2. The van der Waals surface area contributed by atoms with Crippen LogP contribution in [-0.2, 0) is 6.42 Å². The minimum Gasteiger partial charge on any atom is -0.405 e. The topological polar surface area (TPSA) is 53.5 Å². The van der Waals surface area contributed by atoms with Crippen LogP contribution < -0.4 is 19.9 Å². The Morgan fingerprint density at radius 1 is 1.18 bits per heavy atom. The molecule has 2 aromatic carbocycles. The number of halogens is 4. The summed E-state index contributed by atoms with van der Waals surface area (Å²) < 4.78 is 42.9. The third-order valence-electron chi connectivity index (χ3n) is 5.55. The molecule has 1 atom stereocenters. The highest BCUT2D eigenvalue weighted by molar-refractivity contribution is 9.10. The molecule has 6 nitrogen and oxygen atoms in total. The molecule has 4 rings (SSSR count). The lowest BCUT2D eigenvalue weighted by atomic mass is 10.1. The van der Waals surface area contributed by atoms with E-state index in [9.17, 15) is 13.2 Å². The van der Waals surface area contributed by atoms with Crippen molar-refractivity contribution in [3.05, 3.63) is 52.5 Å². The van der Waals surface area contributed by atoms with Crippen molar-refractivity contribution in [3.63, 3.8) is 0 Å². The smallest absolute Gasteiger partial charge is 0.405 e. The molecule has 0 aliphatic carbocycles. The molecule has 1 saturated heterocycles. The number of para-hydroxylation sites is 1. The van der Waals surface area contributed by atoms with Crippen LogP contribution in [0, 0.1) is 0 Å². The van der Waals surface area contributed by atoms with Gasteiger partial charge in [0.25, 0.3) is 0 Å². The van der Waals surface area contributed by atoms with Gasteiger partial charge in [-0.05, 0) is 49.2 Å². The van der Waals surface area contributed by atoms with E-state index in [0.717, 1.165) is 36.2 Å². The Morgan fingerprint density at radius 3 is 2.73 bits per heavy atom. The zero-order valence-electron chi connectivity index (χ0n) is 18.4. The molecule has 0 radical (unpaired) electrons. The van der Waals surface area contributed by atoms with Gasteiger partial charge in [-0.15, -0.1) is 13.2 Å². The van der Waals surface area contributed by atoms with Gasteiger partial charge in [-0.2, -0.15) is 4.98 Å². The zero-order chi connectivity index (χ0) is 23.6. The molecule has 1 N–H and O–H groups in total. The number of ether oxygens (including phenoxy) is 1. The number of anilines is 2. The third kappa shape index (κ3) is 5.86. The first-order valence-electron chi connectivity index (χ1n) is 10.7. The van der Waals surface area contributed by atoms with Gasteiger partial charge in [-0.3, -0.25) is 0 Å². The lowest BCUT2D eigenvalue weighted by Crippen LogP contribution is -2.34. The van der Waals surface area contributed by atoms with Crippen molar-refractivity contribution in [2.45, 2.75) is 25.2 Å². The Hall–Kier alpha value is -2.59. The summed E-state index contributed by atoms with van der Waals surface area (Å²) in [5.41, 5.74) is 1.40. The molecule has 1 fully saturated rings. The molecule has 1 unspecified atom stereocenters. The van der Waals surface area contributed by atoms with E-state index in [2.05, 4.69) is 30.9 Å². The van der Waals surface area contributed by atoms with Gasteiger partial charge in [0.1, 0.15) is 11.6 Å². The number of benzene rings is 2. The van der Waals surface area contributed by atoms with Gasteiger partial charge >= 0.3 is 6.36 Å². The SMILES string of the molecule is CN(C)c1nc(N2CCC(NCCc3ccc(Br)cc3OC(F)(F)F)C2)nc2ccccc12. The molecule has 1 aromatic heterocycles. The summed E-state index contributed by atoms with van der Waals surface area (Å²) in [6, 6.07) is 12.9. The largest absolute Gasteiger partial charge is 0.573 e. The first-order valence-corrected chi connectivity index (χ1v) is 11.5. The van der Waals surface area contributed by atoms with Crippen LogP contribution in [0.25, 0.3) is 10.9 Å².